The van der Waals surface area contributed by atoms with Crippen molar-refractivity contribution < 1.29 is 5.11 Å². The first kappa shape index (κ1) is 10.5. The van der Waals surface area contributed by atoms with Gasteiger partial charge in [0.25, 0.3) is 0 Å². The van der Waals surface area contributed by atoms with Gasteiger partial charge < -0.3 is 10.4 Å². The minimum atomic E-state index is -0.460. The molecule has 0 amide bonds. The van der Waals surface area contributed by atoms with Crippen molar-refractivity contribution >= 4 is 11.6 Å². The van der Waals surface area contributed by atoms with E-state index in [-0.39, 0.29) is 6.61 Å². The maximum Gasteiger partial charge on any atom is 0.0653 e. The molecule has 0 spiro atoms. The summed E-state index contributed by atoms with van der Waals surface area (Å²) in [5, 5.41) is 13.0. The van der Waals surface area contributed by atoms with E-state index < -0.39 is 5.54 Å². The van der Waals surface area contributed by atoms with E-state index in [2.05, 4.69) is 5.32 Å². The molecule has 0 aliphatic heterocycles. The molecule has 13 heavy (non-hydrogen) atoms. The van der Waals surface area contributed by atoms with Crippen LogP contribution in [0.1, 0.15) is 12.5 Å². The van der Waals surface area contributed by atoms with Gasteiger partial charge in [-0.2, -0.15) is 0 Å². The fourth-order valence-electron chi connectivity index (χ4n) is 1.21. The van der Waals surface area contributed by atoms with Gasteiger partial charge in [-0.3, -0.25) is 0 Å². The Hall–Kier alpha value is -0.570. The minimum absolute atomic E-state index is 0.0211. The fourth-order valence-corrected chi connectivity index (χ4v) is 1.55. The molecular weight excluding hydrogens is 186 g/mol. The summed E-state index contributed by atoms with van der Waals surface area (Å²) in [4.78, 5) is 0. The van der Waals surface area contributed by atoms with Crippen LogP contribution in [0.2, 0.25) is 5.02 Å². The Morgan fingerprint density at radius 3 is 2.54 bits per heavy atom. The maximum absolute atomic E-state index is 9.24. The third kappa shape index (κ3) is 2.02. The molecule has 0 aliphatic rings. The summed E-state index contributed by atoms with van der Waals surface area (Å²) < 4.78 is 0. The quantitative estimate of drug-likeness (QED) is 0.778. The van der Waals surface area contributed by atoms with Crippen molar-refractivity contribution in [3.05, 3.63) is 34.9 Å². The van der Waals surface area contributed by atoms with Crippen LogP contribution in [0.25, 0.3) is 0 Å². The molecule has 72 valence electrons. The molecule has 0 saturated carbocycles. The van der Waals surface area contributed by atoms with Crippen LogP contribution in [0.4, 0.5) is 0 Å². The summed E-state index contributed by atoms with van der Waals surface area (Å²) in [7, 11) is 1.81. The lowest BCUT2D eigenvalue weighted by Gasteiger charge is -2.28. The van der Waals surface area contributed by atoms with Crippen molar-refractivity contribution in [1.29, 1.82) is 0 Å². The Morgan fingerprint density at radius 1 is 1.46 bits per heavy atom. The molecule has 1 atom stereocenters. The van der Waals surface area contributed by atoms with Gasteiger partial charge >= 0.3 is 0 Å². The van der Waals surface area contributed by atoms with Gasteiger partial charge in [-0.1, -0.05) is 29.8 Å². The van der Waals surface area contributed by atoms with Crippen LogP contribution in [-0.2, 0) is 5.54 Å². The smallest absolute Gasteiger partial charge is 0.0653 e. The normalized spacial score (nSPS) is 15.4. The number of aliphatic hydroxyl groups is 1. The minimum Gasteiger partial charge on any atom is -0.394 e. The van der Waals surface area contributed by atoms with Gasteiger partial charge in [0.2, 0.25) is 0 Å². The summed E-state index contributed by atoms with van der Waals surface area (Å²) >= 11 is 6.02. The van der Waals surface area contributed by atoms with Crippen molar-refractivity contribution in [2.45, 2.75) is 12.5 Å². The number of benzene rings is 1. The third-order valence-corrected chi connectivity index (χ3v) is 2.67. The highest BCUT2D eigenvalue weighted by molar-refractivity contribution is 6.31. The molecule has 0 unspecified atom stereocenters. The highest BCUT2D eigenvalue weighted by Gasteiger charge is 2.25. The van der Waals surface area contributed by atoms with Crippen LogP contribution in [0.5, 0.6) is 0 Å². The van der Waals surface area contributed by atoms with Gasteiger partial charge in [-0.05, 0) is 25.6 Å². The number of rotatable bonds is 3. The zero-order valence-corrected chi connectivity index (χ0v) is 8.60. The van der Waals surface area contributed by atoms with Crippen LogP contribution in [0.3, 0.4) is 0 Å². The Balaban J connectivity index is 3.12. The summed E-state index contributed by atoms with van der Waals surface area (Å²) in [6, 6.07) is 7.52. The SMILES string of the molecule is CN[C@](C)(CO)c1ccccc1Cl. The lowest BCUT2D eigenvalue weighted by Crippen LogP contribution is -2.40. The molecular formula is C10H14ClNO. The molecule has 0 bridgehead atoms. The Morgan fingerprint density at radius 2 is 2.08 bits per heavy atom. The second-order valence-electron chi connectivity index (χ2n) is 3.22. The second-order valence-corrected chi connectivity index (χ2v) is 3.63. The molecule has 2 N–H and O–H groups in total. The predicted octanol–water partition coefficient (Wildman–Crippen LogP) is 1.77. The van der Waals surface area contributed by atoms with E-state index in [0.717, 1.165) is 5.56 Å². The van der Waals surface area contributed by atoms with E-state index in [9.17, 15) is 5.11 Å². The van der Waals surface area contributed by atoms with Crippen LogP contribution in [-0.4, -0.2) is 18.8 Å². The first-order chi connectivity index (χ1) is 6.14. The van der Waals surface area contributed by atoms with Gasteiger partial charge in [0.15, 0.2) is 0 Å². The summed E-state index contributed by atoms with van der Waals surface area (Å²) in [6.07, 6.45) is 0. The van der Waals surface area contributed by atoms with Crippen molar-refractivity contribution in [2.75, 3.05) is 13.7 Å². The van der Waals surface area contributed by atoms with Gasteiger partial charge in [0.1, 0.15) is 0 Å². The maximum atomic E-state index is 9.24. The number of hydrogen-bond donors (Lipinski definition) is 2. The summed E-state index contributed by atoms with van der Waals surface area (Å²) in [5.41, 5.74) is 0.458. The molecule has 3 heteroatoms. The van der Waals surface area contributed by atoms with Gasteiger partial charge in [0, 0.05) is 5.02 Å². The topological polar surface area (TPSA) is 32.3 Å². The molecule has 0 aromatic heterocycles. The molecule has 0 saturated heterocycles. The van der Waals surface area contributed by atoms with Crippen molar-refractivity contribution in [3.63, 3.8) is 0 Å². The van der Waals surface area contributed by atoms with Gasteiger partial charge in [0.05, 0.1) is 12.1 Å². The van der Waals surface area contributed by atoms with Crippen LogP contribution >= 0.6 is 11.6 Å². The van der Waals surface area contributed by atoms with Crippen molar-refractivity contribution in [3.8, 4) is 0 Å². The predicted molar refractivity (Wildman–Crippen MR) is 54.9 cm³/mol. The Bertz CT molecular complexity index is 284. The van der Waals surface area contributed by atoms with E-state index in [1.165, 1.54) is 0 Å². The number of aliphatic hydroxyl groups excluding tert-OH is 1. The zero-order valence-electron chi connectivity index (χ0n) is 7.84. The average Bonchev–Trinajstić information content (AvgIpc) is 2.17. The average molecular weight is 200 g/mol. The number of halogens is 1. The molecule has 0 aliphatic carbocycles. The van der Waals surface area contributed by atoms with Crippen LogP contribution in [0.15, 0.2) is 24.3 Å². The number of nitrogens with one attached hydrogen (secondary N) is 1. The molecule has 1 aromatic rings. The third-order valence-electron chi connectivity index (χ3n) is 2.34. The molecule has 0 heterocycles. The summed E-state index contributed by atoms with van der Waals surface area (Å²) in [6.45, 7) is 1.93. The first-order valence-corrected chi connectivity index (χ1v) is 4.56. The van der Waals surface area contributed by atoms with E-state index >= 15 is 0 Å². The lowest BCUT2D eigenvalue weighted by atomic mass is 9.93. The van der Waals surface area contributed by atoms with Crippen molar-refractivity contribution in [2.24, 2.45) is 0 Å². The largest absolute Gasteiger partial charge is 0.394 e. The molecule has 0 fully saturated rings. The fraction of sp³-hybridized carbons (Fsp3) is 0.400. The second kappa shape index (κ2) is 4.09. The standard InChI is InChI=1S/C10H14ClNO/c1-10(7-13,12-2)8-5-3-4-6-9(8)11/h3-6,12-13H,7H2,1-2H3/t10-/m1/s1. The van der Waals surface area contributed by atoms with E-state index in [1.807, 2.05) is 31.2 Å². The molecule has 1 rings (SSSR count). The van der Waals surface area contributed by atoms with Gasteiger partial charge in [-0.25, -0.2) is 0 Å². The van der Waals surface area contributed by atoms with E-state index in [4.69, 9.17) is 11.6 Å². The van der Waals surface area contributed by atoms with Crippen LogP contribution < -0.4 is 5.32 Å². The number of likely N-dealkylation sites (N-methyl/N-ethyl adjacent to an activating group) is 1. The Labute approximate surface area is 83.5 Å². The van der Waals surface area contributed by atoms with Gasteiger partial charge in [-0.15, -0.1) is 0 Å². The lowest BCUT2D eigenvalue weighted by molar-refractivity contribution is 0.183. The van der Waals surface area contributed by atoms with E-state index in [0.29, 0.717) is 5.02 Å². The zero-order chi connectivity index (χ0) is 9.90. The Kier molecular flexibility index (Phi) is 3.31. The molecule has 2 nitrogen and oxygen atoms in total. The molecule has 0 radical (unpaired) electrons. The molecule has 1 aromatic carbocycles. The summed E-state index contributed by atoms with van der Waals surface area (Å²) in [5.74, 6) is 0. The first-order valence-electron chi connectivity index (χ1n) is 4.19. The van der Waals surface area contributed by atoms with Crippen molar-refractivity contribution in [1.82, 2.24) is 5.32 Å². The van der Waals surface area contributed by atoms with Crippen LogP contribution in [0, 0.1) is 0 Å². The highest BCUT2D eigenvalue weighted by atomic mass is 35.5. The van der Waals surface area contributed by atoms with E-state index in [1.54, 1.807) is 7.05 Å². The highest BCUT2D eigenvalue weighted by Crippen LogP contribution is 2.26. The number of hydrogen-bond acceptors (Lipinski definition) is 2. The monoisotopic (exact) mass is 199 g/mol.